The molecule has 1 aliphatic carbocycles. The molecule has 1 fully saturated rings. The molecule has 2 atom stereocenters. The van der Waals surface area contributed by atoms with Gasteiger partial charge in [0, 0.05) is 26.2 Å². The fraction of sp³-hybridized carbons (Fsp3) is 0.435. The van der Waals surface area contributed by atoms with Gasteiger partial charge in [-0.15, -0.1) is 0 Å². The number of nitrogens with zero attached hydrogens (tertiary/aromatic N) is 1. The first kappa shape index (κ1) is 24.6. The van der Waals surface area contributed by atoms with E-state index in [1.165, 1.54) is 11.2 Å². The van der Waals surface area contributed by atoms with Crippen LogP contribution in [0.25, 0.3) is 11.1 Å². The zero-order valence-corrected chi connectivity index (χ0v) is 19.4. The molecule has 0 amide bonds. The maximum atomic E-state index is 14.4. The third-order valence-electron chi connectivity index (χ3n) is 6.64. The predicted molar refractivity (Wildman–Crippen MR) is 117 cm³/mol. The summed E-state index contributed by atoms with van der Waals surface area (Å²) >= 11 is 0. The van der Waals surface area contributed by atoms with Gasteiger partial charge in [0.25, 0.3) is 0 Å². The van der Waals surface area contributed by atoms with Gasteiger partial charge in [0.1, 0.15) is 11.1 Å². The number of carboxylic acid groups (broad SMARTS) is 1. The Hall–Kier alpha value is -2.50. The van der Waals surface area contributed by atoms with E-state index in [2.05, 4.69) is 5.32 Å². The van der Waals surface area contributed by atoms with Crippen LogP contribution in [0.5, 0.6) is 0 Å². The molecule has 6 nitrogen and oxygen atoms in total. The molecule has 2 aliphatic rings. The maximum absolute atomic E-state index is 14.4. The first-order valence-electron chi connectivity index (χ1n) is 10.7. The van der Waals surface area contributed by atoms with Gasteiger partial charge >= 0.3 is 12.1 Å². The third-order valence-corrected chi connectivity index (χ3v) is 9.10. The lowest BCUT2D eigenvalue weighted by molar-refractivity contribution is -0.147. The summed E-state index contributed by atoms with van der Waals surface area (Å²) in [7, 11) is -4.09. The second-order valence-corrected chi connectivity index (χ2v) is 11.1. The summed E-state index contributed by atoms with van der Waals surface area (Å²) in [6.07, 6.45) is -5.02. The number of rotatable bonds is 4. The first-order valence-corrected chi connectivity index (χ1v) is 12.2. The van der Waals surface area contributed by atoms with E-state index in [0.717, 1.165) is 12.1 Å². The molecule has 34 heavy (non-hydrogen) atoms. The van der Waals surface area contributed by atoms with E-state index in [-0.39, 0.29) is 25.1 Å². The van der Waals surface area contributed by atoms with Crippen molar-refractivity contribution in [2.45, 2.75) is 31.7 Å². The van der Waals surface area contributed by atoms with Gasteiger partial charge in [-0.3, -0.25) is 4.79 Å². The van der Waals surface area contributed by atoms with Gasteiger partial charge in [-0.25, -0.2) is 12.8 Å². The van der Waals surface area contributed by atoms with Crippen LogP contribution in [0.1, 0.15) is 34.4 Å². The number of nitrogens with one attached hydrogen (secondary N) is 1. The van der Waals surface area contributed by atoms with Gasteiger partial charge < -0.3 is 10.4 Å². The molecule has 4 rings (SSSR count). The number of carbonyl (C=O) groups is 1. The predicted octanol–water partition coefficient (Wildman–Crippen LogP) is 3.74. The third kappa shape index (κ3) is 3.99. The van der Waals surface area contributed by atoms with Crippen LogP contribution >= 0.6 is 0 Å². The van der Waals surface area contributed by atoms with E-state index in [1.807, 2.05) is 0 Å². The molecule has 2 N–H and O–H groups in total. The Kier molecular flexibility index (Phi) is 6.02. The van der Waals surface area contributed by atoms with E-state index in [9.17, 15) is 35.9 Å². The van der Waals surface area contributed by atoms with Crippen LogP contribution in [0.2, 0.25) is 0 Å². The largest absolute Gasteiger partial charge is 0.481 e. The molecule has 0 aromatic heterocycles. The van der Waals surface area contributed by atoms with Gasteiger partial charge in [-0.1, -0.05) is 23.8 Å². The Morgan fingerprint density at radius 2 is 1.82 bits per heavy atom. The standard InChI is InChI=1S/C23H24F4N2O4S/c1-13-9-15(14-3-4-18(19(24)11-14)23(25,26)27)17-12-22(2,21(30)31)20(16(17)10-13)34(32,33)29-7-5-28-6-8-29/h3-4,9-11,20,28H,5-8,12H2,1-2H3,(H,30,31). The van der Waals surface area contributed by atoms with Crippen molar-refractivity contribution in [3.8, 4) is 11.1 Å². The summed E-state index contributed by atoms with van der Waals surface area (Å²) < 4.78 is 82.1. The number of aryl methyl sites for hydroxylation is 1. The lowest BCUT2D eigenvalue weighted by Crippen LogP contribution is -2.50. The highest BCUT2D eigenvalue weighted by molar-refractivity contribution is 7.89. The van der Waals surface area contributed by atoms with Crippen LogP contribution in [-0.4, -0.2) is 50.0 Å². The molecular formula is C23H24F4N2O4S. The van der Waals surface area contributed by atoms with E-state index >= 15 is 0 Å². The minimum Gasteiger partial charge on any atom is -0.481 e. The molecule has 2 unspecified atom stereocenters. The van der Waals surface area contributed by atoms with Crippen molar-refractivity contribution in [3.63, 3.8) is 0 Å². The molecule has 11 heteroatoms. The summed E-state index contributed by atoms with van der Waals surface area (Å²) in [5.41, 5.74) is -1.40. The molecule has 0 radical (unpaired) electrons. The van der Waals surface area contributed by atoms with Crippen molar-refractivity contribution in [2.24, 2.45) is 5.41 Å². The molecule has 0 saturated carbocycles. The average molecular weight is 501 g/mol. The Morgan fingerprint density at radius 3 is 2.38 bits per heavy atom. The van der Waals surface area contributed by atoms with Crippen LogP contribution in [0.4, 0.5) is 17.6 Å². The zero-order valence-electron chi connectivity index (χ0n) is 18.5. The number of benzene rings is 2. The number of hydrogen-bond donors (Lipinski definition) is 2. The van der Waals surface area contributed by atoms with Gasteiger partial charge in [-0.05, 0) is 54.7 Å². The van der Waals surface area contributed by atoms with Crippen molar-refractivity contribution in [1.82, 2.24) is 9.62 Å². The monoisotopic (exact) mass is 500 g/mol. The average Bonchev–Trinajstić information content (AvgIpc) is 3.06. The number of aliphatic carboxylic acids is 1. The topological polar surface area (TPSA) is 86.7 Å². The van der Waals surface area contributed by atoms with E-state index in [1.54, 1.807) is 19.1 Å². The fourth-order valence-electron chi connectivity index (χ4n) is 4.97. The van der Waals surface area contributed by atoms with Crippen molar-refractivity contribution < 1.29 is 35.9 Å². The summed E-state index contributed by atoms with van der Waals surface area (Å²) in [4.78, 5) is 12.4. The maximum Gasteiger partial charge on any atom is 0.419 e. The Morgan fingerprint density at radius 1 is 1.18 bits per heavy atom. The molecule has 2 aromatic carbocycles. The normalized spacial score (nSPS) is 23.6. The van der Waals surface area contributed by atoms with Crippen molar-refractivity contribution >= 4 is 16.0 Å². The van der Waals surface area contributed by atoms with Crippen molar-refractivity contribution in [3.05, 3.63) is 58.4 Å². The second kappa shape index (κ2) is 8.31. The summed E-state index contributed by atoms with van der Waals surface area (Å²) in [6.45, 7) is 4.32. The summed E-state index contributed by atoms with van der Waals surface area (Å²) in [5, 5.41) is 11.8. The minimum absolute atomic E-state index is 0.124. The number of piperazine rings is 1. The van der Waals surface area contributed by atoms with E-state index in [0.29, 0.717) is 41.4 Å². The SMILES string of the molecule is Cc1cc(-c2ccc(C(F)(F)F)c(F)c2)c2c(c1)C(S(=O)(=O)N1CCNCC1)C(C)(C(=O)O)C2. The molecular weight excluding hydrogens is 476 g/mol. The number of sulfonamides is 1. The number of fused-ring (bicyclic) bond motifs is 1. The number of alkyl halides is 3. The van der Waals surface area contributed by atoms with Crippen LogP contribution < -0.4 is 5.32 Å². The number of carboxylic acids is 1. The van der Waals surface area contributed by atoms with Crippen LogP contribution in [0.15, 0.2) is 30.3 Å². The molecule has 1 saturated heterocycles. The Labute approximate surface area is 194 Å². The smallest absolute Gasteiger partial charge is 0.419 e. The van der Waals surface area contributed by atoms with Crippen molar-refractivity contribution in [2.75, 3.05) is 26.2 Å². The van der Waals surface area contributed by atoms with Crippen LogP contribution in [0.3, 0.4) is 0 Å². The highest BCUT2D eigenvalue weighted by atomic mass is 32.2. The molecule has 1 aliphatic heterocycles. The molecule has 1 heterocycles. The molecule has 0 bridgehead atoms. The first-order chi connectivity index (χ1) is 15.8. The Bertz CT molecular complexity index is 1260. The quantitative estimate of drug-likeness (QED) is 0.625. The molecule has 2 aromatic rings. The minimum atomic E-state index is -4.86. The van der Waals surface area contributed by atoms with Gasteiger partial charge in [0.05, 0.1) is 11.0 Å². The lowest BCUT2D eigenvalue weighted by Gasteiger charge is -2.34. The number of halogens is 4. The van der Waals surface area contributed by atoms with E-state index < -0.39 is 44.2 Å². The lowest BCUT2D eigenvalue weighted by atomic mass is 9.86. The fourth-order valence-corrected chi connectivity index (χ4v) is 7.34. The zero-order chi connectivity index (χ0) is 25.1. The summed E-state index contributed by atoms with van der Waals surface area (Å²) in [6, 6.07) is 5.74. The molecule has 184 valence electrons. The highest BCUT2D eigenvalue weighted by Gasteiger charge is 2.56. The Balaban J connectivity index is 1.91. The van der Waals surface area contributed by atoms with Gasteiger partial charge in [-0.2, -0.15) is 17.5 Å². The van der Waals surface area contributed by atoms with Gasteiger partial charge in [0.2, 0.25) is 10.0 Å². The number of hydrogen-bond acceptors (Lipinski definition) is 4. The summed E-state index contributed by atoms with van der Waals surface area (Å²) in [5.74, 6) is -2.75. The molecule has 0 spiro atoms. The van der Waals surface area contributed by atoms with E-state index in [4.69, 9.17) is 0 Å². The van der Waals surface area contributed by atoms with Crippen LogP contribution in [-0.2, 0) is 27.4 Å². The van der Waals surface area contributed by atoms with Gasteiger partial charge in [0.15, 0.2) is 0 Å². The highest BCUT2D eigenvalue weighted by Crippen LogP contribution is 2.54. The van der Waals surface area contributed by atoms with Crippen molar-refractivity contribution in [1.29, 1.82) is 0 Å². The second-order valence-electron chi connectivity index (χ2n) is 9.05. The van der Waals surface area contributed by atoms with Crippen LogP contribution in [0, 0.1) is 18.2 Å².